The molecule has 6 nitrogen and oxygen atoms in total. The first-order valence-corrected chi connectivity index (χ1v) is 7.75. The van der Waals surface area contributed by atoms with Crippen LogP contribution in [0.25, 0.3) is 0 Å². The summed E-state index contributed by atoms with van der Waals surface area (Å²) in [6.07, 6.45) is 0. The van der Waals surface area contributed by atoms with Crippen LogP contribution in [-0.2, 0) is 14.3 Å². The van der Waals surface area contributed by atoms with Gasteiger partial charge in [0.1, 0.15) is 17.2 Å². The van der Waals surface area contributed by atoms with Crippen LogP contribution in [-0.4, -0.2) is 18.5 Å². The number of esters is 2. The van der Waals surface area contributed by atoms with E-state index in [1.165, 1.54) is 12.1 Å². The summed E-state index contributed by atoms with van der Waals surface area (Å²) >= 11 is 3.19. The zero-order valence-corrected chi connectivity index (χ0v) is 14.2. The molecule has 0 bridgehead atoms. The van der Waals surface area contributed by atoms with Gasteiger partial charge in [0, 0.05) is 12.1 Å². The molecule has 0 heterocycles. The number of halogens is 1. The normalized spacial score (nSPS) is 9.92. The molecule has 0 aliphatic rings. The Labute approximate surface area is 146 Å². The van der Waals surface area contributed by atoms with E-state index in [4.69, 9.17) is 9.47 Å². The summed E-state index contributed by atoms with van der Waals surface area (Å²) in [6, 6.07) is 12.6. The zero-order chi connectivity index (χ0) is 17.5. The van der Waals surface area contributed by atoms with Crippen LogP contribution in [0.2, 0.25) is 0 Å². The fourth-order valence-corrected chi connectivity index (χ4v) is 2.13. The lowest BCUT2D eigenvalue weighted by atomic mass is 10.3. The molecule has 0 saturated heterocycles. The van der Waals surface area contributed by atoms with Crippen LogP contribution in [0.1, 0.15) is 6.92 Å². The van der Waals surface area contributed by atoms with Gasteiger partial charge in [0.05, 0.1) is 11.1 Å². The fourth-order valence-electron chi connectivity index (χ4n) is 1.71. The SMILES string of the molecule is CCOC(=O)C(=O)Oc1cc(=O)cc(Oc2ccccc2)cc1Br. The third-order valence-electron chi connectivity index (χ3n) is 2.69. The topological polar surface area (TPSA) is 78.9 Å². The van der Waals surface area contributed by atoms with Crippen molar-refractivity contribution in [2.75, 3.05) is 6.61 Å². The van der Waals surface area contributed by atoms with E-state index in [2.05, 4.69) is 20.7 Å². The van der Waals surface area contributed by atoms with Gasteiger partial charge in [0.15, 0.2) is 5.43 Å². The molecule has 0 aliphatic heterocycles. The highest BCUT2D eigenvalue weighted by atomic mass is 79.9. The van der Waals surface area contributed by atoms with Gasteiger partial charge in [-0.1, -0.05) is 18.2 Å². The summed E-state index contributed by atoms with van der Waals surface area (Å²) < 4.78 is 15.3. The predicted octanol–water partition coefficient (Wildman–Crippen LogP) is 3.07. The Hall–Kier alpha value is -2.67. The van der Waals surface area contributed by atoms with Crippen molar-refractivity contribution in [3.63, 3.8) is 0 Å². The molecule has 0 saturated carbocycles. The molecule has 0 unspecified atom stereocenters. The van der Waals surface area contributed by atoms with Crippen LogP contribution in [0.15, 0.2) is 57.8 Å². The summed E-state index contributed by atoms with van der Waals surface area (Å²) in [5.74, 6) is -1.67. The number of carbonyl (C=O) groups is 2. The van der Waals surface area contributed by atoms with Crippen LogP contribution < -0.4 is 14.9 Å². The van der Waals surface area contributed by atoms with Crippen LogP contribution >= 0.6 is 15.9 Å². The Morgan fingerprint density at radius 3 is 2.38 bits per heavy atom. The van der Waals surface area contributed by atoms with Crippen LogP contribution in [0.4, 0.5) is 0 Å². The second-order valence-corrected chi connectivity index (χ2v) is 5.33. The maximum atomic E-state index is 11.9. The Bertz CT molecular complexity index is 804. The van der Waals surface area contributed by atoms with E-state index in [0.29, 0.717) is 5.75 Å². The number of rotatable bonds is 4. The maximum absolute atomic E-state index is 11.9. The quantitative estimate of drug-likeness (QED) is 0.587. The molecule has 2 aromatic rings. The molecule has 0 aliphatic carbocycles. The van der Waals surface area contributed by atoms with Gasteiger partial charge in [-0.05, 0) is 41.1 Å². The van der Waals surface area contributed by atoms with Gasteiger partial charge < -0.3 is 14.2 Å². The summed E-state index contributed by atoms with van der Waals surface area (Å²) in [5.41, 5.74) is -0.460. The van der Waals surface area contributed by atoms with Crippen molar-refractivity contribution >= 4 is 27.9 Å². The first kappa shape index (κ1) is 17.7. The smallest absolute Gasteiger partial charge is 0.422 e. The largest absolute Gasteiger partial charge is 0.458 e. The zero-order valence-electron chi connectivity index (χ0n) is 12.7. The minimum absolute atomic E-state index is 0.0412. The van der Waals surface area contributed by atoms with Gasteiger partial charge in [0.25, 0.3) is 0 Å². The minimum atomic E-state index is -1.21. The van der Waals surface area contributed by atoms with Gasteiger partial charge in [-0.3, -0.25) is 4.79 Å². The van der Waals surface area contributed by atoms with Crippen LogP contribution in [0.3, 0.4) is 0 Å². The van der Waals surface area contributed by atoms with Gasteiger partial charge in [-0.2, -0.15) is 0 Å². The standard InChI is InChI=1S/C17H13BrO6/c1-2-22-16(20)17(21)24-15-9-11(19)8-13(10-14(15)18)23-12-6-4-3-5-7-12/h3-10H,2H2,1H3. The Kier molecular flexibility index (Phi) is 6.08. The lowest BCUT2D eigenvalue weighted by Gasteiger charge is -2.04. The first-order chi connectivity index (χ1) is 11.5. The summed E-state index contributed by atoms with van der Waals surface area (Å²) in [6.45, 7) is 1.60. The van der Waals surface area contributed by atoms with E-state index in [1.807, 2.05) is 6.07 Å². The van der Waals surface area contributed by atoms with E-state index in [-0.39, 0.29) is 22.6 Å². The lowest BCUT2D eigenvalue weighted by Crippen LogP contribution is -2.23. The maximum Gasteiger partial charge on any atom is 0.422 e. The molecule has 2 rings (SSSR count). The van der Waals surface area contributed by atoms with Gasteiger partial charge >= 0.3 is 11.9 Å². The van der Waals surface area contributed by atoms with Crippen molar-refractivity contribution in [3.05, 3.63) is 63.2 Å². The first-order valence-electron chi connectivity index (χ1n) is 6.96. The molecule has 0 N–H and O–H groups in total. The van der Waals surface area contributed by atoms with Crippen molar-refractivity contribution < 1.29 is 23.8 Å². The number of hydrogen-bond donors (Lipinski definition) is 0. The fraction of sp³-hybridized carbons (Fsp3) is 0.118. The molecule has 0 spiro atoms. The second-order valence-electron chi connectivity index (χ2n) is 4.48. The molecule has 124 valence electrons. The number of para-hydroxylation sites is 1. The minimum Gasteiger partial charge on any atom is -0.458 e. The molecule has 0 atom stereocenters. The summed E-state index contributed by atoms with van der Waals surface area (Å²) in [7, 11) is 0. The number of benzene rings is 1. The monoisotopic (exact) mass is 392 g/mol. The third kappa shape index (κ3) is 4.92. The Morgan fingerprint density at radius 1 is 1.00 bits per heavy atom. The second kappa shape index (κ2) is 8.26. The van der Waals surface area contributed by atoms with Crippen molar-refractivity contribution in [1.82, 2.24) is 0 Å². The molecule has 7 heteroatoms. The van der Waals surface area contributed by atoms with Crippen LogP contribution in [0, 0.1) is 0 Å². The lowest BCUT2D eigenvalue weighted by molar-refractivity contribution is -0.161. The molecular weight excluding hydrogens is 380 g/mol. The van der Waals surface area contributed by atoms with Crippen molar-refractivity contribution in [2.45, 2.75) is 6.92 Å². The Morgan fingerprint density at radius 2 is 1.71 bits per heavy atom. The molecule has 0 radical (unpaired) electrons. The van der Waals surface area contributed by atoms with Crippen molar-refractivity contribution in [1.29, 1.82) is 0 Å². The molecule has 24 heavy (non-hydrogen) atoms. The molecular formula is C17H13BrO6. The number of hydrogen-bond acceptors (Lipinski definition) is 6. The molecule has 0 amide bonds. The van der Waals surface area contributed by atoms with Crippen LogP contribution in [0.5, 0.6) is 17.2 Å². The highest BCUT2D eigenvalue weighted by Crippen LogP contribution is 2.28. The van der Waals surface area contributed by atoms with E-state index < -0.39 is 17.4 Å². The average Bonchev–Trinajstić information content (AvgIpc) is 2.67. The van der Waals surface area contributed by atoms with Gasteiger partial charge in [-0.15, -0.1) is 0 Å². The highest BCUT2D eigenvalue weighted by Gasteiger charge is 2.19. The van der Waals surface area contributed by atoms with Crippen molar-refractivity contribution in [2.24, 2.45) is 0 Å². The van der Waals surface area contributed by atoms with Gasteiger partial charge in [0.2, 0.25) is 0 Å². The van der Waals surface area contributed by atoms with E-state index in [1.54, 1.807) is 31.2 Å². The number of carbonyl (C=O) groups excluding carboxylic acids is 2. The van der Waals surface area contributed by atoms with Gasteiger partial charge in [-0.25, -0.2) is 9.59 Å². The number of ether oxygens (including phenoxy) is 3. The molecule has 2 aromatic carbocycles. The van der Waals surface area contributed by atoms with E-state index in [9.17, 15) is 14.4 Å². The van der Waals surface area contributed by atoms with E-state index in [0.717, 1.165) is 6.07 Å². The summed E-state index contributed by atoms with van der Waals surface area (Å²) in [4.78, 5) is 34.8. The average molecular weight is 393 g/mol. The van der Waals surface area contributed by atoms with E-state index >= 15 is 0 Å². The predicted molar refractivity (Wildman–Crippen MR) is 89.2 cm³/mol. The molecule has 0 fully saturated rings. The molecule has 0 aromatic heterocycles. The highest BCUT2D eigenvalue weighted by molar-refractivity contribution is 9.10. The Balaban J connectivity index is 2.27. The summed E-state index contributed by atoms with van der Waals surface area (Å²) in [5, 5.41) is 0. The van der Waals surface area contributed by atoms with Crippen molar-refractivity contribution in [3.8, 4) is 17.2 Å². The third-order valence-corrected chi connectivity index (χ3v) is 3.31.